The van der Waals surface area contributed by atoms with Crippen molar-refractivity contribution in [2.75, 3.05) is 26.3 Å². The maximum Gasteiger partial charge on any atom is 0.0480 e. The highest BCUT2D eigenvalue weighted by Gasteiger charge is 2.08. The predicted molar refractivity (Wildman–Crippen MR) is 59.2 cm³/mol. The lowest BCUT2D eigenvalue weighted by molar-refractivity contribution is 0.218. The van der Waals surface area contributed by atoms with Crippen molar-refractivity contribution < 1.29 is 0 Å². The first-order valence-corrected chi connectivity index (χ1v) is 5.42. The van der Waals surface area contributed by atoms with Crippen LogP contribution in [0.3, 0.4) is 0 Å². The summed E-state index contributed by atoms with van der Waals surface area (Å²) in [6.45, 7) is 4.67. The Kier molecular flexibility index (Phi) is 3.55. The summed E-state index contributed by atoms with van der Waals surface area (Å²) < 4.78 is 0. The van der Waals surface area contributed by atoms with Gasteiger partial charge in [0.25, 0.3) is 0 Å². The normalized spacial score (nSPS) is 18.3. The van der Waals surface area contributed by atoms with Crippen molar-refractivity contribution in [3.8, 4) is 0 Å². The summed E-state index contributed by atoms with van der Waals surface area (Å²) in [5.74, 6) is 0. The third-order valence-corrected chi connectivity index (χ3v) is 2.72. The largest absolute Gasteiger partial charge is 0.304 e. The summed E-state index contributed by atoms with van der Waals surface area (Å²) in [6.07, 6.45) is 2.46. The van der Waals surface area contributed by atoms with E-state index in [2.05, 4.69) is 40.5 Å². The fourth-order valence-corrected chi connectivity index (χ4v) is 1.87. The first-order chi connectivity index (χ1) is 6.95. The summed E-state index contributed by atoms with van der Waals surface area (Å²) in [6, 6.07) is 10.7. The summed E-state index contributed by atoms with van der Waals surface area (Å²) >= 11 is 0. The summed E-state index contributed by atoms with van der Waals surface area (Å²) in [7, 11) is 0. The zero-order chi connectivity index (χ0) is 9.64. The second-order valence-electron chi connectivity index (χ2n) is 3.87. The van der Waals surface area contributed by atoms with E-state index in [0.29, 0.717) is 0 Å². The number of nitrogens with one attached hydrogen (secondary N) is 1. The summed E-state index contributed by atoms with van der Waals surface area (Å²) in [5, 5.41) is 3.40. The van der Waals surface area contributed by atoms with E-state index >= 15 is 0 Å². The molecule has 0 saturated carbocycles. The van der Waals surface area contributed by atoms with Gasteiger partial charge < -0.3 is 5.32 Å². The molecule has 1 saturated heterocycles. The highest BCUT2D eigenvalue weighted by atomic mass is 15.2. The molecule has 0 bridgehead atoms. The monoisotopic (exact) mass is 190 g/mol. The van der Waals surface area contributed by atoms with E-state index in [1.807, 2.05) is 0 Å². The smallest absolute Gasteiger partial charge is 0.0480 e. The zero-order valence-corrected chi connectivity index (χ0v) is 8.58. The Hall–Kier alpha value is -0.860. The Bertz CT molecular complexity index is 252. The van der Waals surface area contributed by atoms with Crippen molar-refractivity contribution in [2.45, 2.75) is 12.8 Å². The van der Waals surface area contributed by atoms with Gasteiger partial charge in [0.05, 0.1) is 0 Å². The van der Waals surface area contributed by atoms with Gasteiger partial charge in [-0.15, -0.1) is 0 Å². The van der Waals surface area contributed by atoms with Crippen LogP contribution < -0.4 is 5.32 Å². The van der Waals surface area contributed by atoms with E-state index in [9.17, 15) is 0 Å². The number of hydrogen-bond donors (Lipinski definition) is 1. The maximum absolute atomic E-state index is 3.40. The van der Waals surface area contributed by atoms with Gasteiger partial charge in [0.2, 0.25) is 0 Å². The molecule has 2 nitrogen and oxygen atoms in total. The van der Waals surface area contributed by atoms with Gasteiger partial charge in [-0.1, -0.05) is 30.3 Å². The predicted octanol–water partition coefficient (Wildman–Crippen LogP) is 1.48. The van der Waals surface area contributed by atoms with Gasteiger partial charge in [0, 0.05) is 19.8 Å². The second kappa shape index (κ2) is 5.13. The van der Waals surface area contributed by atoms with Crippen LogP contribution in [0.15, 0.2) is 30.3 Å². The van der Waals surface area contributed by atoms with Crippen molar-refractivity contribution >= 4 is 0 Å². The topological polar surface area (TPSA) is 15.3 Å². The van der Waals surface area contributed by atoms with Gasteiger partial charge in [-0.3, -0.25) is 4.90 Å². The average Bonchev–Trinajstić information content (AvgIpc) is 2.29. The molecule has 0 amide bonds. The molecular formula is C12H18N2. The highest BCUT2D eigenvalue weighted by molar-refractivity contribution is 5.14. The van der Waals surface area contributed by atoms with Gasteiger partial charge in [0.15, 0.2) is 0 Å². The molecule has 1 aromatic carbocycles. The molecule has 2 heteroatoms. The van der Waals surface area contributed by atoms with E-state index in [-0.39, 0.29) is 0 Å². The van der Waals surface area contributed by atoms with E-state index in [4.69, 9.17) is 0 Å². The molecule has 0 spiro atoms. The van der Waals surface area contributed by atoms with Crippen LogP contribution in [0, 0.1) is 0 Å². The Balaban J connectivity index is 1.76. The lowest BCUT2D eigenvalue weighted by Gasteiger charge is -2.27. The molecule has 1 aromatic rings. The lowest BCUT2D eigenvalue weighted by atomic mass is 10.1. The van der Waals surface area contributed by atoms with E-state index in [1.54, 1.807) is 0 Å². The fourth-order valence-electron chi connectivity index (χ4n) is 1.87. The molecule has 76 valence electrons. The van der Waals surface area contributed by atoms with Crippen LogP contribution in [0.25, 0.3) is 0 Å². The number of benzene rings is 1. The molecular weight excluding hydrogens is 172 g/mol. The molecule has 1 aliphatic rings. The minimum atomic E-state index is 1.06. The van der Waals surface area contributed by atoms with Crippen LogP contribution in [0.2, 0.25) is 0 Å². The molecule has 0 unspecified atom stereocenters. The zero-order valence-electron chi connectivity index (χ0n) is 8.58. The average molecular weight is 190 g/mol. The van der Waals surface area contributed by atoms with Gasteiger partial charge in [-0.2, -0.15) is 0 Å². The lowest BCUT2D eigenvalue weighted by Crippen LogP contribution is -2.42. The quantitative estimate of drug-likeness (QED) is 0.776. The third kappa shape index (κ3) is 2.82. The molecule has 14 heavy (non-hydrogen) atoms. The van der Waals surface area contributed by atoms with Gasteiger partial charge in [-0.25, -0.2) is 0 Å². The minimum absolute atomic E-state index is 1.06. The molecule has 1 aliphatic heterocycles. The number of hydrogen-bond acceptors (Lipinski definition) is 2. The standard InChI is InChI=1S/C12H18N2/c1-2-5-12(6-3-1)7-10-14-9-4-8-13-11-14/h1-3,5-6,13H,4,7-11H2. The molecule has 1 heterocycles. The van der Waals surface area contributed by atoms with Crippen molar-refractivity contribution in [3.05, 3.63) is 35.9 Å². The molecule has 0 atom stereocenters. The first-order valence-electron chi connectivity index (χ1n) is 5.42. The van der Waals surface area contributed by atoms with E-state index in [0.717, 1.165) is 6.67 Å². The number of nitrogens with zero attached hydrogens (tertiary/aromatic N) is 1. The Labute approximate surface area is 85.9 Å². The van der Waals surface area contributed by atoms with Crippen LogP contribution in [0.4, 0.5) is 0 Å². The van der Waals surface area contributed by atoms with Crippen molar-refractivity contribution in [1.29, 1.82) is 0 Å². The SMILES string of the molecule is c1ccc(CCN2CCCNC2)cc1. The third-order valence-electron chi connectivity index (χ3n) is 2.72. The van der Waals surface area contributed by atoms with E-state index < -0.39 is 0 Å². The highest BCUT2D eigenvalue weighted by Crippen LogP contribution is 2.02. The van der Waals surface area contributed by atoms with Gasteiger partial charge >= 0.3 is 0 Å². The second-order valence-corrected chi connectivity index (χ2v) is 3.87. The van der Waals surface area contributed by atoms with Crippen LogP contribution in [0.5, 0.6) is 0 Å². The maximum atomic E-state index is 3.40. The Morgan fingerprint density at radius 2 is 2.07 bits per heavy atom. The van der Waals surface area contributed by atoms with Crippen LogP contribution in [0.1, 0.15) is 12.0 Å². The van der Waals surface area contributed by atoms with Crippen molar-refractivity contribution in [2.24, 2.45) is 0 Å². The Morgan fingerprint density at radius 1 is 1.21 bits per heavy atom. The molecule has 0 aliphatic carbocycles. The molecule has 1 fully saturated rings. The first kappa shape index (κ1) is 9.69. The van der Waals surface area contributed by atoms with Crippen LogP contribution in [-0.4, -0.2) is 31.2 Å². The Morgan fingerprint density at radius 3 is 2.79 bits per heavy atom. The summed E-state index contributed by atoms with van der Waals surface area (Å²) in [5.41, 5.74) is 1.44. The molecule has 0 radical (unpaired) electrons. The molecule has 2 rings (SSSR count). The molecule has 0 aromatic heterocycles. The minimum Gasteiger partial charge on any atom is -0.304 e. The van der Waals surface area contributed by atoms with E-state index in [1.165, 1.54) is 38.0 Å². The van der Waals surface area contributed by atoms with Crippen molar-refractivity contribution in [3.63, 3.8) is 0 Å². The summed E-state index contributed by atoms with van der Waals surface area (Å²) in [4.78, 5) is 2.48. The van der Waals surface area contributed by atoms with Crippen LogP contribution >= 0.6 is 0 Å². The van der Waals surface area contributed by atoms with Crippen molar-refractivity contribution in [1.82, 2.24) is 10.2 Å². The fraction of sp³-hybridized carbons (Fsp3) is 0.500. The molecule has 1 N–H and O–H groups in total. The number of rotatable bonds is 3. The van der Waals surface area contributed by atoms with Crippen LogP contribution in [-0.2, 0) is 6.42 Å². The van der Waals surface area contributed by atoms with Gasteiger partial charge in [0.1, 0.15) is 0 Å². The van der Waals surface area contributed by atoms with Gasteiger partial charge in [-0.05, 0) is 24.9 Å².